The van der Waals surface area contributed by atoms with Gasteiger partial charge >= 0.3 is 0 Å². The van der Waals surface area contributed by atoms with E-state index < -0.39 is 28.5 Å². The summed E-state index contributed by atoms with van der Waals surface area (Å²) in [5, 5.41) is 3.51. The number of rotatable bonds is 13. The average molecular weight is 653 g/mol. The smallest absolute Gasteiger partial charge is 0.264 e. The van der Waals surface area contributed by atoms with Crippen molar-refractivity contribution in [3.8, 4) is 0 Å². The molecule has 4 rings (SSSR count). The molecular formula is C34H35Cl2N3O4S. The van der Waals surface area contributed by atoms with Gasteiger partial charge in [-0.2, -0.15) is 0 Å². The molecule has 4 aromatic rings. The summed E-state index contributed by atoms with van der Waals surface area (Å²) in [5.41, 5.74) is 2.85. The van der Waals surface area contributed by atoms with Crippen LogP contribution in [0.1, 0.15) is 30.5 Å². The zero-order valence-electron chi connectivity index (χ0n) is 24.6. The van der Waals surface area contributed by atoms with E-state index in [1.165, 1.54) is 17.0 Å². The van der Waals surface area contributed by atoms with Crippen molar-refractivity contribution in [2.45, 2.75) is 44.2 Å². The van der Waals surface area contributed by atoms with Crippen LogP contribution in [0.2, 0.25) is 10.0 Å². The summed E-state index contributed by atoms with van der Waals surface area (Å²) in [5.74, 6) is -0.906. The quantitative estimate of drug-likeness (QED) is 0.178. The minimum atomic E-state index is -4.16. The molecule has 1 atom stereocenters. The first kappa shape index (κ1) is 33.1. The Morgan fingerprint density at radius 2 is 1.39 bits per heavy atom. The number of carbonyl (C=O) groups is 2. The van der Waals surface area contributed by atoms with E-state index in [1.54, 1.807) is 55.5 Å². The Bertz CT molecular complexity index is 1670. The summed E-state index contributed by atoms with van der Waals surface area (Å²) in [7, 11) is -4.16. The molecule has 0 heterocycles. The van der Waals surface area contributed by atoms with Crippen molar-refractivity contribution in [3.63, 3.8) is 0 Å². The fourth-order valence-corrected chi connectivity index (χ4v) is 6.58. The Morgan fingerprint density at radius 1 is 0.773 bits per heavy atom. The van der Waals surface area contributed by atoms with Crippen LogP contribution in [-0.4, -0.2) is 44.3 Å². The molecule has 2 amide bonds. The summed E-state index contributed by atoms with van der Waals surface area (Å²) >= 11 is 12.5. The lowest BCUT2D eigenvalue weighted by atomic mass is 10.0. The largest absolute Gasteiger partial charge is 0.355 e. The molecule has 0 saturated heterocycles. The second-order valence-corrected chi connectivity index (χ2v) is 12.9. The summed E-state index contributed by atoms with van der Waals surface area (Å²) < 4.78 is 29.2. The summed E-state index contributed by atoms with van der Waals surface area (Å²) in [4.78, 5) is 29.4. The molecule has 0 fully saturated rings. The van der Waals surface area contributed by atoms with Crippen molar-refractivity contribution in [2.24, 2.45) is 0 Å². The van der Waals surface area contributed by atoms with Gasteiger partial charge in [-0.15, -0.1) is 0 Å². The molecule has 0 saturated carbocycles. The van der Waals surface area contributed by atoms with Gasteiger partial charge in [0.1, 0.15) is 12.6 Å². The lowest BCUT2D eigenvalue weighted by Crippen LogP contribution is -2.53. The number of amides is 2. The molecule has 0 aliphatic carbocycles. The van der Waals surface area contributed by atoms with Crippen molar-refractivity contribution in [1.29, 1.82) is 0 Å². The molecule has 0 spiro atoms. The van der Waals surface area contributed by atoms with Crippen molar-refractivity contribution >= 4 is 50.7 Å². The Balaban J connectivity index is 1.80. The van der Waals surface area contributed by atoms with Gasteiger partial charge in [0, 0.05) is 19.5 Å². The molecule has 0 aliphatic rings. The lowest BCUT2D eigenvalue weighted by molar-refractivity contribution is -0.140. The minimum absolute atomic E-state index is 0.00163. The highest BCUT2D eigenvalue weighted by atomic mass is 35.5. The van der Waals surface area contributed by atoms with Crippen LogP contribution in [0.3, 0.4) is 0 Å². The van der Waals surface area contributed by atoms with Gasteiger partial charge in [-0.1, -0.05) is 96.9 Å². The van der Waals surface area contributed by atoms with E-state index in [1.807, 2.05) is 49.4 Å². The fraction of sp³-hybridized carbons (Fsp3) is 0.235. The van der Waals surface area contributed by atoms with Crippen LogP contribution in [0.15, 0.2) is 108 Å². The maximum absolute atomic E-state index is 14.4. The number of anilines is 1. The second kappa shape index (κ2) is 15.2. The van der Waals surface area contributed by atoms with E-state index in [4.69, 9.17) is 23.2 Å². The summed E-state index contributed by atoms with van der Waals surface area (Å²) in [6, 6.07) is 28.5. The van der Waals surface area contributed by atoms with Gasteiger partial charge in [0.25, 0.3) is 10.0 Å². The minimum Gasteiger partial charge on any atom is -0.355 e. The number of halogens is 2. The monoisotopic (exact) mass is 651 g/mol. The lowest BCUT2D eigenvalue weighted by Gasteiger charge is -2.34. The Hall–Kier alpha value is -3.85. The average Bonchev–Trinajstić information content (AvgIpc) is 3.04. The molecule has 44 heavy (non-hydrogen) atoms. The zero-order valence-corrected chi connectivity index (χ0v) is 26.9. The third-order valence-electron chi connectivity index (χ3n) is 7.20. The predicted molar refractivity (Wildman–Crippen MR) is 176 cm³/mol. The van der Waals surface area contributed by atoms with Crippen LogP contribution in [0, 0.1) is 0 Å². The van der Waals surface area contributed by atoms with Crippen LogP contribution < -0.4 is 9.62 Å². The zero-order chi connectivity index (χ0) is 31.7. The number of sulfonamides is 1. The van der Waals surface area contributed by atoms with Gasteiger partial charge in [0.05, 0.1) is 20.6 Å². The fourth-order valence-electron chi connectivity index (χ4n) is 4.83. The number of likely N-dealkylation sites (N-methyl/N-ethyl adjacent to an activating group) is 1. The van der Waals surface area contributed by atoms with Crippen molar-refractivity contribution in [2.75, 3.05) is 17.4 Å². The number of aryl methyl sites for hydroxylation is 1. The van der Waals surface area contributed by atoms with E-state index >= 15 is 0 Å². The van der Waals surface area contributed by atoms with Gasteiger partial charge in [-0.05, 0) is 66.4 Å². The normalized spacial score (nSPS) is 11.9. The molecule has 0 radical (unpaired) electrons. The standard InChI is InChI=1S/C34H35Cl2N3O4S/c1-3-25-15-18-28(19-16-25)39(44(42,43)29-13-9-6-10-14-29)24-33(40)38(23-27-17-20-30(35)31(36)21-27)32(34(41)37-4-2)22-26-11-7-5-8-12-26/h5-21,32H,3-4,22-24H2,1-2H3,(H,37,41). The molecular weight excluding hydrogens is 617 g/mol. The first-order valence-corrected chi connectivity index (χ1v) is 16.5. The van der Waals surface area contributed by atoms with E-state index in [2.05, 4.69) is 5.32 Å². The van der Waals surface area contributed by atoms with Crippen LogP contribution in [0.25, 0.3) is 0 Å². The van der Waals surface area contributed by atoms with Crippen LogP contribution in [-0.2, 0) is 39.0 Å². The first-order valence-electron chi connectivity index (χ1n) is 14.4. The van der Waals surface area contributed by atoms with Gasteiger partial charge in [-0.3, -0.25) is 13.9 Å². The second-order valence-electron chi connectivity index (χ2n) is 10.2. The third kappa shape index (κ3) is 8.20. The maximum Gasteiger partial charge on any atom is 0.264 e. The first-order chi connectivity index (χ1) is 21.1. The van der Waals surface area contributed by atoms with Crippen LogP contribution in [0.5, 0.6) is 0 Å². The van der Waals surface area contributed by atoms with E-state index in [9.17, 15) is 18.0 Å². The Labute approximate surface area is 269 Å². The number of nitrogens with zero attached hydrogens (tertiary/aromatic N) is 2. The van der Waals surface area contributed by atoms with Gasteiger partial charge < -0.3 is 10.2 Å². The maximum atomic E-state index is 14.4. The molecule has 1 unspecified atom stereocenters. The molecule has 7 nitrogen and oxygen atoms in total. The van der Waals surface area contributed by atoms with Crippen LogP contribution in [0.4, 0.5) is 5.69 Å². The number of benzene rings is 4. The van der Waals surface area contributed by atoms with Gasteiger partial charge in [-0.25, -0.2) is 8.42 Å². The highest BCUT2D eigenvalue weighted by Gasteiger charge is 2.34. The predicted octanol–water partition coefficient (Wildman–Crippen LogP) is 6.53. The molecule has 0 bridgehead atoms. The SMILES string of the molecule is CCNC(=O)C(Cc1ccccc1)N(Cc1ccc(Cl)c(Cl)c1)C(=O)CN(c1ccc(CC)cc1)S(=O)(=O)c1ccccc1. The van der Waals surface area contributed by atoms with E-state index in [0.717, 1.165) is 21.9 Å². The Morgan fingerprint density at radius 3 is 1.98 bits per heavy atom. The third-order valence-corrected chi connectivity index (χ3v) is 9.73. The molecule has 4 aromatic carbocycles. The molecule has 10 heteroatoms. The van der Waals surface area contributed by atoms with Crippen molar-refractivity contribution < 1.29 is 18.0 Å². The Kier molecular flexibility index (Phi) is 11.4. The number of hydrogen-bond donors (Lipinski definition) is 1. The molecule has 1 N–H and O–H groups in total. The molecule has 0 aromatic heterocycles. The number of nitrogens with one attached hydrogen (secondary N) is 1. The van der Waals surface area contributed by atoms with Gasteiger partial charge in [0.15, 0.2) is 0 Å². The van der Waals surface area contributed by atoms with Crippen molar-refractivity contribution in [1.82, 2.24) is 10.2 Å². The number of carbonyl (C=O) groups excluding carboxylic acids is 2. The van der Waals surface area contributed by atoms with E-state index in [-0.39, 0.29) is 23.8 Å². The summed E-state index contributed by atoms with van der Waals surface area (Å²) in [6.07, 6.45) is 0.992. The highest BCUT2D eigenvalue weighted by molar-refractivity contribution is 7.92. The van der Waals surface area contributed by atoms with E-state index in [0.29, 0.717) is 27.8 Å². The van der Waals surface area contributed by atoms with Crippen molar-refractivity contribution in [3.05, 3.63) is 130 Å². The van der Waals surface area contributed by atoms with Crippen LogP contribution >= 0.6 is 23.2 Å². The highest BCUT2D eigenvalue weighted by Crippen LogP contribution is 2.27. The molecule has 230 valence electrons. The number of hydrogen-bond acceptors (Lipinski definition) is 4. The summed E-state index contributed by atoms with van der Waals surface area (Å²) in [6.45, 7) is 3.63. The molecule has 0 aliphatic heterocycles. The van der Waals surface area contributed by atoms with Gasteiger partial charge in [0.2, 0.25) is 11.8 Å². The topological polar surface area (TPSA) is 86.8 Å².